The van der Waals surface area contributed by atoms with E-state index in [2.05, 4.69) is 67.0 Å². The molecule has 288 valence electrons. The van der Waals surface area contributed by atoms with Crippen molar-refractivity contribution in [3.63, 3.8) is 0 Å². The highest BCUT2D eigenvalue weighted by Gasteiger charge is 2.22. The van der Waals surface area contributed by atoms with E-state index < -0.39 is 32.5 Å². The Morgan fingerprint density at radius 3 is 1.76 bits per heavy atom. The van der Waals surface area contributed by atoms with Crippen LogP contribution in [0.1, 0.15) is 136 Å². The molecular formula is C41H65O9P. The van der Waals surface area contributed by atoms with E-state index in [1.165, 1.54) is 0 Å². The molecule has 9 nitrogen and oxygen atoms in total. The van der Waals surface area contributed by atoms with Gasteiger partial charge in [-0.2, -0.15) is 0 Å². The van der Waals surface area contributed by atoms with E-state index >= 15 is 0 Å². The molecule has 0 fully saturated rings. The zero-order valence-corrected chi connectivity index (χ0v) is 32.1. The predicted octanol–water partition coefficient (Wildman–Crippen LogP) is 10.5. The molecule has 0 aromatic heterocycles. The number of carbonyl (C=O) groups is 3. The molecule has 0 saturated carbocycles. The highest BCUT2D eigenvalue weighted by molar-refractivity contribution is 7.46. The molecule has 0 aliphatic carbocycles. The minimum atomic E-state index is -4.79. The Kier molecular flexibility index (Phi) is 33.2. The van der Waals surface area contributed by atoms with Crippen LogP contribution in [0.15, 0.2) is 85.1 Å². The number of phosphoric acid groups is 1. The third-order valence-corrected chi connectivity index (χ3v) is 7.86. The van der Waals surface area contributed by atoms with E-state index in [1.54, 1.807) is 12.2 Å². The molecule has 0 aliphatic rings. The minimum absolute atomic E-state index is 0.143. The van der Waals surface area contributed by atoms with Crippen molar-refractivity contribution in [2.75, 3.05) is 13.2 Å². The van der Waals surface area contributed by atoms with Gasteiger partial charge in [0.25, 0.3) is 0 Å². The highest BCUT2D eigenvalue weighted by atomic mass is 31.2. The Morgan fingerprint density at radius 2 is 1.14 bits per heavy atom. The lowest BCUT2D eigenvalue weighted by molar-refractivity contribution is -0.161. The number of hydrogen-bond donors (Lipinski definition) is 2. The molecule has 0 rings (SSSR count). The number of carbonyl (C=O) groups excluding carboxylic acids is 3. The van der Waals surface area contributed by atoms with E-state index in [-0.39, 0.29) is 25.2 Å². The van der Waals surface area contributed by atoms with Crippen LogP contribution in [-0.4, -0.2) is 46.8 Å². The molecule has 1 atom stereocenters. The number of ketones is 1. The Bertz CT molecular complexity index is 1160. The van der Waals surface area contributed by atoms with Gasteiger partial charge in [-0.1, -0.05) is 125 Å². The fourth-order valence-corrected chi connectivity index (χ4v) is 4.92. The Hall–Kier alpha value is -3.10. The summed E-state index contributed by atoms with van der Waals surface area (Å²) >= 11 is 0. The number of phosphoric ester groups is 1. The monoisotopic (exact) mass is 732 g/mol. The number of rotatable bonds is 33. The lowest BCUT2D eigenvalue weighted by Gasteiger charge is -2.18. The van der Waals surface area contributed by atoms with E-state index in [1.807, 2.05) is 24.3 Å². The molecule has 0 aromatic carbocycles. The van der Waals surface area contributed by atoms with Crippen LogP contribution < -0.4 is 0 Å². The lowest BCUT2D eigenvalue weighted by Crippen LogP contribution is -2.29. The van der Waals surface area contributed by atoms with Crippen molar-refractivity contribution in [2.24, 2.45) is 0 Å². The van der Waals surface area contributed by atoms with E-state index in [0.29, 0.717) is 25.7 Å². The summed E-state index contributed by atoms with van der Waals surface area (Å²) in [7, 11) is -4.79. The molecule has 0 spiro atoms. The van der Waals surface area contributed by atoms with Crippen LogP contribution in [0.3, 0.4) is 0 Å². The lowest BCUT2D eigenvalue weighted by atomic mass is 10.1. The second kappa shape index (κ2) is 35.3. The Balaban J connectivity index is 4.16. The van der Waals surface area contributed by atoms with Crippen LogP contribution in [0.2, 0.25) is 0 Å². The van der Waals surface area contributed by atoms with Crippen LogP contribution in [0.25, 0.3) is 0 Å². The van der Waals surface area contributed by atoms with Crippen molar-refractivity contribution in [1.82, 2.24) is 0 Å². The maximum Gasteiger partial charge on any atom is 0.469 e. The molecular weight excluding hydrogens is 667 g/mol. The average Bonchev–Trinajstić information content (AvgIpc) is 3.09. The van der Waals surface area contributed by atoms with Crippen molar-refractivity contribution >= 4 is 25.5 Å². The number of ether oxygens (including phenoxy) is 2. The molecule has 0 bridgehead atoms. The fourth-order valence-electron chi connectivity index (χ4n) is 4.56. The van der Waals surface area contributed by atoms with Crippen LogP contribution in [0, 0.1) is 0 Å². The van der Waals surface area contributed by atoms with Gasteiger partial charge in [-0.3, -0.25) is 18.9 Å². The third kappa shape index (κ3) is 38.0. The van der Waals surface area contributed by atoms with Crippen LogP contribution in [-0.2, 0) is 32.9 Å². The Labute approximate surface area is 307 Å². The van der Waals surface area contributed by atoms with Crippen molar-refractivity contribution in [1.29, 1.82) is 0 Å². The van der Waals surface area contributed by atoms with Gasteiger partial charge in [0.15, 0.2) is 11.9 Å². The molecule has 0 radical (unpaired) electrons. The number of hydrogen-bond acceptors (Lipinski definition) is 7. The summed E-state index contributed by atoms with van der Waals surface area (Å²) in [6, 6.07) is 0. The van der Waals surface area contributed by atoms with Gasteiger partial charge in [0, 0.05) is 19.3 Å². The second-order valence-corrected chi connectivity index (χ2v) is 13.4. The highest BCUT2D eigenvalue weighted by Crippen LogP contribution is 2.35. The van der Waals surface area contributed by atoms with Gasteiger partial charge >= 0.3 is 19.8 Å². The Morgan fingerprint density at radius 1 is 0.588 bits per heavy atom. The van der Waals surface area contributed by atoms with E-state index in [9.17, 15) is 18.9 Å². The summed E-state index contributed by atoms with van der Waals surface area (Å²) < 4.78 is 26.2. The summed E-state index contributed by atoms with van der Waals surface area (Å²) in [5.41, 5.74) is 0. The molecule has 2 N–H and O–H groups in total. The van der Waals surface area contributed by atoms with Crippen LogP contribution in [0.4, 0.5) is 0 Å². The first kappa shape index (κ1) is 47.9. The summed E-state index contributed by atoms with van der Waals surface area (Å²) in [5.74, 6) is -0.860. The van der Waals surface area contributed by atoms with Gasteiger partial charge < -0.3 is 19.3 Å². The SMILES string of the molecule is CC/C=C\C/C=C\C/C=C\C/C=C\C/C=C\CCCC(=O)OC[C@H](COP(=O)(O)O)OC(=O)CCCCCCC/C=C\C=C\C(=O)CCCCC. The fraction of sp³-hybridized carbons (Fsp3) is 0.585. The molecule has 0 saturated heterocycles. The van der Waals surface area contributed by atoms with Gasteiger partial charge in [-0.25, -0.2) is 4.57 Å². The summed E-state index contributed by atoms with van der Waals surface area (Å²) in [6.07, 6.45) is 42.9. The van der Waals surface area contributed by atoms with Crippen molar-refractivity contribution in [3.05, 3.63) is 85.1 Å². The summed E-state index contributed by atoms with van der Waals surface area (Å²) in [4.78, 5) is 54.4. The maximum absolute atomic E-state index is 12.4. The van der Waals surface area contributed by atoms with Crippen LogP contribution >= 0.6 is 7.82 Å². The van der Waals surface area contributed by atoms with Gasteiger partial charge in [0.2, 0.25) is 0 Å². The van der Waals surface area contributed by atoms with E-state index in [0.717, 1.165) is 83.5 Å². The van der Waals surface area contributed by atoms with Gasteiger partial charge in [-0.15, -0.1) is 0 Å². The first-order valence-corrected chi connectivity index (χ1v) is 20.4. The first-order chi connectivity index (χ1) is 24.7. The topological polar surface area (TPSA) is 136 Å². The predicted molar refractivity (Wildman–Crippen MR) is 207 cm³/mol. The summed E-state index contributed by atoms with van der Waals surface area (Å²) in [5, 5.41) is 0. The van der Waals surface area contributed by atoms with Crippen molar-refractivity contribution in [2.45, 2.75) is 142 Å². The largest absolute Gasteiger partial charge is 0.469 e. The molecule has 0 amide bonds. The van der Waals surface area contributed by atoms with Crippen molar-refractivity contribution < 1.29 is 42.7 Å². The third-order valence-electron chi connectivity index (χ3n) is 7.37. The zero-order chi connectivity index (χ0) is 37.7. The van der Waals surface area contributed by atoms with Crippen LogP contribution in [0.5, 0.6) is 0 Å². The summed E-state index contributed by atoms with van der Waals surface area (Å²) in [6.45, 7) is 3.31. The van der Waals surface area contributed by atoms with Gasteiger partial charge in [0.05, 0.1) is 6.61 Å². The molecule has 0 unspecified atom stereocenters. The number of esters is 2. The van der Waals surface area contributed by atoms with E-state index in [4.69, 9.17) is 19.3 Å². The smallest absolute Gasteiger partial charge is 0.462 e. The number of allylic oxidation sites excluding steroid dienone is 14. The molecule has 0 heterocycles. The second-order valence-electron chi connectivity index (χ2n) is 12.2. The van der Waals surface area contributed by atoms with Gasteiger partial charge in [0.1, 0.15) is 6.61 Å². The molecule has 10 heteroatoms. The van der Waals surface area contributed by atoms with Gasteiger partial charge in [-0.05, 0) is 76.7 Å². The standard InChI is InChI=1S/C41H65O9P/c1-3-5-7-8-9-10-11-12-13-14-15-16-17-20-23-26-30-34-40(43)48-36-39(37-49-51(45,46)47)50-41(44)35-31-27-24-21-18-19-22-25-29-33-38(42)32-28-6-4-2/h5,7,9-10,12-13,15-16,20,22-23,25,29,33,39H,3-4,6,8,11,14,17-19,21,24,26-28,30-32,34-37H2,1-2H3,(H2,45,46,47)/b7-5-,10-9-,13-12-,16-15-,23-20-,25-22-,33-29+/t39-/m1/s1. The normalized spacial score (nSPS) is 13.3. The number of unbranched alkanes of at least 4 members (excludes halogenated alkanes) is 8. The van der Waals surface area contributed by atoms with Crippen molar-refractivity contribution in [3.8, 4) is 0 Å². The molecule has 0 aromatic rings. The minimum Gasteiger partial charge on any atom is -0.462 e. The zero-order valence-electron chi connectivity index (χ0n) is 31.2. The first-order valence-electron chi connectivity index (χ1n) is 18.8. The molecule has 0 aliphatic heterocycles. The quantitative estimate of drug-likeness (QED) is 0.0169. The maximum atomic E-state index is 12.4. The molecule has 51 heavy (non-hydrogen) atoms. The average molecular weight is 733 g/mol.